The number of rotatable bonds is 3. The number of benzene rings is 1. The zero-order valence-electron chi connectivity index (χ0n) is 11.2. The number of amides is 1. The SMILES string of the molecule is N#Cc1ccc(NC(=O)C(O)(S)C2CCOCC2)cc1Cl. The van der Waals surface area contributed by atoms with Gasteiger partial charge < -0.3 is 15.2 Å². The maximum Gasteiger partial charge on any atom is 0.267 e. The summed E-state index contributed by atoms with van der Waals surface area (Å²) in [4.78, 5) is 10.4. The second-order valence-electron chi connectivity index (χ2n) is 4.87. The van der Waals surface area contributed by atoms with Crippen molar-refractivity contribution in [3.63, 3.8) is 0 Å². The highest BCUT2D eigenvalue weighted by atomic mass is 35.5. The molecule has 2 N–H and O–H groups in total. The van der Waals surface area contributed by atoms with Gasteiger partial charge in [-0.3, -0.25) is 4.79 Å². The van der Waals surface area contributed by atoms with Crippen LogP contribution in [0.4, 0.5) is 5.69 Å². The summed E-state index contributed by atoms with van der Waals surface area (Å²) in [6.07, 6.45) is 1.14. The number of ether oxygens (including phenoxy) is 1. The number of carbonyl (C=O) groups excluding carboxylic acids is 1. The van der Waals surface area contributed by atoms with Crippen molar-refractivity contribution in [1.29, 1.82) is 5.26 Å². The minimum absolute atomic E-state index is 0.240. The molecule has 2 rings (SSSR count). The van der Waals surface area contributed by atoms with Gasteiger partial charge in [-0.1, -0.05) is 11.6 Å². The van der Waals surface area contributed by atoms with Crippen LogP contribution in [0, 0.1) is 17.2 Å². The largest absolute Gasteiger partial charge is 0.381 e. The van der Waals surface area contributed by atoms with Crippen LogP contribution in [0.3, 0.4) is 0 Å². The van der Waals surface area contributed by atoms with Gasteiger partial charge in [-0.25, -0.2) is 0 Å². The van der Waals surface area contributed by atoms with Gasteiger partial charge in [-0.2, -0.15) is 5.26 Å². The van der Waals surface area contributed by atoms with Gasteiger partial charge in [0.2, 0.25) is 0 Å². The van der Waals surface area contributed by atoms with Crippen LogP contribution in [-0.4, -0.2) is 29.2 Å². The summed E-state index contributed by atoms with van der Waals surface area (Å²) >= 11 is 10.0. The third-order valence-corrected chi connectivity index (χ3v) is 4.35. The van der Waals surface area contributed by atoms with Crippen LogP contribution in [0.5, 0.6) is 0 Å². The van der Waals surface area contributed by atoms with Crippen molar-refractivity contribution in [3.8, 4) is 6.07 Å². The zero-order chi connectivity index (χ0) is 15.5. The number of anilines is 1. The Kier molecular flexibility index (Phi) is 5.12. The number of thiol groups is 1. The molecule has 1 atom stereocenters. The second kappa shape index (κ2) is 6.67. The topological polar surface area (TPSA) is 82.4 Å². The van der Waals surface area contributed by atoms with E-state index in [2.05, 4.69) is 17.9 Å². The summed E-state index contributed by atoms with van der Waals surface area (Å²) in [5.74, 6) is -0.887. The number of nitriles is 1. The van der Waals surface area contributed by atoms with Crippen LogP contribution in [0.1, 0.15) is 18.4 Å². The number of nitrogens with one attached hydrogen (secondary N) is 1. The maximum absolute atomic E-state index is 12.2. The molecule has 0 radical (unpaired) electrons. The minimum Gasteiger partial charge on any atom is -0.381 e. The van der Waals surface area contributed by atoms with E-state index in [1.807, 2.05) is 6.07 Å². The Labute approximate surface area is 133 Å². The summed E-state index contributed by atoms with van der Waals surface area (Å²) < 4.78 is 5.21. The van der Waals surface area contributed by atoms with E-state index in [1.54, 1.807) is 6.07 Å². The average Bonchev–Trinajstić information content (AvgIpc) is 2.48. The Hall–Kier alpha value is -1.26. The lowest BCUT2D eigenvalue weighted by Gasteiger charge is -2.33. The lowest BCUT2D eigenvalue weighted by Crippen LogP contribution is -2.46. The fraction of sp³-hybridized carbons (Fsp3) is 0.429. The van der Waals surface area contributed by atoms with E-state index in [0.717, 1.165) is 0 Å². The van der Waals surface area contributed by atoms with Gasteiger partial charge in [0.1, 0.15) is 6.07 Å². The molecule has 5 nitrogen and oxygen atoms in total. The summed E-state index contributed by atoms with van der Waals surface area (Å²) in [7, 11) is 0. The molecule has 0 aromatic heterocycles. The number of hydrogen-bond acceptors (Lipinski definition) is 5. The van der Waals surface area contributed by atoms with E-state index < -0.39 is 10.8 Å². The molecule has 1 unspecified atom stereocenters. The van der Waals surface area contributed by atoms with Gasteiger partial charge in [-0.15, -0.1) is 12.6 Å². The number of hydrogen-bond donors (Lipinski definition) is 3. The molecule has 1 heterocycles. The highest BCUT2D eigenvalue weighted by Gasteiger charge is 2.41. The third kappa shape index (κ3) is 3.69. The fourth-order valence-electron chi connectivity index (χ4n) is 2.19. The summed E-state index contributed by atoms with van der Waals surface area (Å²) in [6.45, 7) is 1.01. The fourth-order valence-corrected chi connectivity index (χ4v) is 2.73. The first-order valence-corrected chi connectivity index (χ1v) is 7.31. The Bertz CT molecular complexity index is 580. The molecule has 0 aliphatic carbocycles. The third-order valence-electron chi connectivity index (χ3n) is 3.47. The molecule has 1 aromatic carbocycles. The Balaban J connectivity index is 2.09. The molecule has 1 aliphatic rings. The van der Waals surface area contributed by atoms with Crippen LogP contribution in [0.2, 0.25) is 5.02 Å². The molecule has 1 fully saturated rings. The summed E-state index contributed by atoms with van der Waals surface area (Å²) in [6, 6.07) is 6.45. The smallest absolute Gasteiger partial charge is 0.267 e. The van der Waals surface area contributed by atoms with E-state index in [1.165, 1.54) is 12.1 Å². The van der Waals surface area contributed by atoms with Crippen LogP contribution < -0.4 is 5.32 Å². The molecular formula is C14H15ClN2O3S. The summed E-state index contributed by atoms with van der Waals surface area (Å²) in [5.41, 5.74) is 0.726. The lowest BCUT2D eigenvalue weighted by atomic mass is 9.92. The van der Waals surface area contributed by atoms with Gasteiger partial charge in [0.05, 0.1) is 10.6 Å². The van der Waals surface area contributed by atoms with Crippen molar-refractivity contribution in [3.05, 3.63) is 28.8 Å². The summed E-state index contributed by atoms with van der Waals surface area (Å²) in [5, 5.41) is 22.0. The van der Waals surface area contributed by atoms with Crippen LogP contribution >= 0.6 is 24.2 Å². The first-order valence-electron chi connectivity index (χ1n) is 6.48. The maximum atomic E-state index is 12.2. The highest BCUT2D eigenvalue weighted by molar-refractivity contribution is 7.82. The molecule has 0 saturated carbocycles. The Morgan fingerprint density at radius 3 is 2.76 bits per heavy atom. The normalized spacial score (nSPS) is 18.6. The van der Waals surface area contributed by atoms with Gasteiger partial charge in [0.15, 0.2) is 4.93 Å². The van der Waals surface area contributed by atoms with E-state index in [9.17, 15) is 9.90 Å². The zero-order valence-corrected chi connectivity index (χ0v) is 12.8. The van der Waals surface area contributed by atoms with Crippen LogP contribution in [0.25, 0.3) is 0 Å². The van der Waals surface area contributed by atoms with Gasteiger partial charge >= 0.3 is 0 Å². The van der Waals surface area contributed by atoms with Crippen molar-refractivity contribution >= 4 is 35.8 Å². The number of halogens is 1. The highest BCUT2D eigenvalue weighted by Crippen LogP contribution is 2.32. The van der Waals surface area contributed by atoms with E-state index in [0.29, 0.717) is 37.3 Å². The van der Waals surface area contributed by atoms with E-state index >= 15 is 0 Å². The molecule has 1 saturated heterocycles. The minimum atomic E-state index is -1.77. The Morgan fingerprint density at radius 2 is 2.19 bits per heavy atom. The van der Waals surface area contributed by atoms with Gasteiger partial charge in [0.25, 0.3) is 5.91 Å². The van der Waals surface area contributed by atoms with Crippen LogP contribution in [-0.2, 0) is 9.53 Å². The standard InChI is InChI=1S/C14H15ClN2O3S/c15-12-7-11(2-1-9(12)8-16)17-13(18)14(19,21)10-3-5-20-6-4-10/h1-2,7,10,19,21H,3-6H2,(H,17,18). The first-order chi connectivity index (χ1) is 9.95. The predicted octanol–water partition coefficient (Wildman–Crippen LogP) is 2.20. The lowest BCUT2D eigenvalue weighted by molar-refractivity contribution is -0.132. The van der Waals surface area contributed by atoms with Gasteiger partial charge in [0, 0.05) is 24.8 Å². The predicted molar refractivity (Wildman–Crippen MR) is 82.3 cm³/mol. The monoisotopic (exact) mass is 326 g/mol. The molecule has 1 aromatic rings. The molecular weight excluding hydrogens is 312 g/mol. The molecule has 0 spiro atoms. The molecule has 21 heavy (non-hydrogen) atoms. The van der Waals surface area contributed by atoms with Crippen molar-refractivity contribution in [1.82, 2.24) is 0 Å². The molecule has 1 amide bonds. The van der Waals surface area contributed by atoms with Gasteiger partial charge in [-0.05, 0) is 31.0 Å². The molecule has 0 bridgehead atoms. The molecule has 7 heteroatoms. The number of aliphatic hydroxyl groups is 1. The van der Waals surface area contributed by atoms with Crippen molar-refractivity contribution in [2.24, 2.45) is 5.92 Å². The molecule has 112 valence electrons. The first kappa shape index (κ1) is 16.1. The quantitative estimate of drug-likeness (QED) is 0.587. The number of nitrogens with zero attached hydrogens (tertiary/aromatic N) is 1. The van der Waals surface area contributed by atoms with Crippen molar-refractivity contribution in [2.45, 2.75) is 17.8 Å². The van der Waals surface area contributed by atoms with Crippen molar-refractivity contribution < 1.29 is 14.6 Å². The molecule has 1 aliphatic heterocycles. The second-order valence-corrected chi connectivity index (χ2v) is 5.96. The van der Waals surface area contributed by atoms with Crippen molar-refractivity contribution in [2.75, 3.05) is 18.5 Å². The van der Waals surface area contributed by atoms with E-state index in [-0.39, 0.29) is 10.9 Å². The average molecular weight is 327 g/mol. The van der Waals surface area contributed by atoms with E-state index in [4.69, 9.17) is 21.6 Å². The Morgan fingerprint density at radius 1 is 1.52 bits per heavy atom. The van der Waals surface area contributed by atoms with Crippen LogP contribution in [0.15, 0.2) is 18.2 Å². The number of carbonyl (C=O) groups is 1.